The van der Waals surface area contributed by atoms with Crippen molar-refractivity contribution < 1.29 is 14.5 Å². The molecule has 0 aromatic heterocycles. The first-order valence-corrected chi connectivity index (χ1v) is 6.52. The molecule has 0 spiro atoms. The summed E-state index contributed by atoms with van der Waals surface area (Å²) in [7, 11) is 0. The monoisotopic (exact) mass is 280 g/mol. The SMILES string of the molecule is Cc1ccc(NC(=O)CCOCC(C)C)cc1[N+](=O)[O-]. The highest BCUT2D eigenvalue weighted by Gasteiger charge is 2.12. The predicted molar refractivity (Wildman–Crippen MR) is 76.7 cm³/mol. The van der Waals surface area contributed by atoms with Gasteiger partial charge in [-0.05, 0) is 18.9 Å². The third kappa shape index (κ3) is 5.36. The number of hydrogen-bond acceptors (Lipinski definition) is 4. The lowest BCUT2D eigenvalue weighted by Gasteiger charge is -2.08. The molecule has 1 N–H and O–H groups in total. The highest BCUT2D eigenvalue weighted by atomic mass is 16.6. The van der Waals surface area contributed by atoms with Gasteiger partial charge in [-0.25, -0.2) is 0 Å². The summed E-state index contributed by atoms with van der Waals surface area (Å²) in [6, 6.07) is 4.63. The van der Waals surface area contributed by atoms with Crippen LogP contribution in [0.4, 0.5) is 11.4 Å². The molecule has 1 amide bonds. The third-order valence-corrected chi connectivity index (χ3v) is 2.61. The number of aryl methyl sites for hydroxylation is 1. The number of nitro groups is 1. The lowest BCUT2D eigenvalue weighted by atomic mass is 10.2. The summed E-state index contributed by atoms with van der Waals surface area (Å²) in [5.74, 6) is 0.213. The van der Waals surface area contributed by atoms with Crippen LogP contribution in [-0.2, 0) is 9.53 Å². The molecular formula is C14H20N2O4. The van der Waals surface area contributed by atoms with Gasteiger partial charge in [0.2, 0.25) is 5.91 Å². The maximum absolute atomic E-state index is 11.7. The summed E-state index contributed by atoms with van der Waals surface area (Å²) >= 11 is 0. The van der Waals surface area contributed by atoms with Gasteiger partial charge in [-0.15, -0.1) is 0 Å². The Hall–Kier alpha value is -1.95. The Kier molecular flexibility index (Phi) is 6.11. The van der Waals surface area contributed by atoms with E-state index in [1.807, 2.05) is 13.8 Å². The summed E-state index contributed by atoms with van der Waals surface area (Å²) in [6.07, 6.45) is 0.231. The standard InChI is InChI=1S/C14H20N2O4/c1-10(2)9-20-7-6-14(17)15-12-5-4-11(3)13(8-12)16(18)19/h4-5,8,10H,6-7,9H2,1-3H3,(H,15,17). The van der Waals surface area contributed by atoms with Crippen LogP contribution in [0.2, 0.25) is 0 Å². The van der Waals surface area contributed by atoms with E-state index in [0.29, 0.717) is 30.4 Å². The van der Waals surface area contributed by atoms with Crippen molar-refractivity contribution in [1.82, 2.24) is 0 Å². The number of anilines is 1. The second kappa shape index (κ2) is 7.59. The lowest BCUT2D eigenvalue weighted by molar-refractivity contribution is -0.385. The molecule has 110 valence electrons. The molecule has 0 aliphatic carbocycles. The smallest absolute Gasteiger partial charge is 0.274 e. The Morgan fingerprint density at radius 1 is 1.45 bits per heavy atom. The van der Waals surface area contributed by atoms with Gasteiger partial charge in [0, 0.05) is 23.9 Å². The van der Waals surface area contributed by atoms with Crippen molar-refractivity contribution >= 4 is 17.3 Å². The number of carbonyl (C=O) groups excluding carboxylic acids is 1. The number of carbonyl (C=O) groups is 1. The molecule has 0 saturated carbocycles. The fourth-order valence-corrected chi connectivity index (χ4v) is 1.59. The van der Waals surface area contributed by atoms with Crippen LogP contribution in [0.5, 0.6) is 0 Å². The van der Waals surface area contributed by atoms with Crippen LogP contribution in [0.1, 0.15) is 25.8 Å². The molecule has 0 radical (unpaired) electrons. The van der Waals surface area contributed by atoms with Gasteiger partial charge >= 0.3 is 0 Å². The molecule has 0 heterocycles. The van der Waals surface area contributed by atoms with Crippen molar-refractivity contribution in [3.63, 3.8) is 0 Å². The average molecular weight is 280 g/mol. The van der Waals surface area contributed by atoms with E-state index >= 15 is 0 Å². The van der Waals surface area contributed by atoms with Crippen LogP contribution < -0.4 is 5.32 Å². The quantitative estimate of drug-likeness (QED) is 0.473. The van der Waals surface area contributed by atoms with Gasteiger partial charge in [0.05, 0.1) is 18.0 Å². The highest BCUT2D eigenvalue weighted by molar-refractivity contribution is 5.91. The van der Waals surface area contributed by atoms with Crippen molar-refractivity contribution in [3.05, 3.63) is 33.9 Å². The van der Waals surface area contributed by atoms with Crippen LogP contribution in [0, 0.1) is 23.0 Å². The number of amides is 1. The summed E-state index contributed by atoms with van der Waals surface area (Å²) in [4.78, 5) is 22.0. The molecule has 0 fully saturated rings. The molecule has 1 aromatic rings. The fraction of sp³-hybridized carbons (Fsp3) is 0.500. The van der Waals surface area contributed by atoms with Gasteiger partial charge in [-0.1, -0.05) is 19.9 Å². The van der Waals surface area contributed by atoms with Gasteiger partial charge in [-0.3, -0.25) is 14.9 Å². The van der Waals surface area contributed by atoms with Crippen molar-refractivity contribution in [2.75, 3.05) is 18.5 Å². The van der Waals surface area contributed by atoms with Gasteiger partial charge in [-0.2, -0.15) is 0 Å². The molecule has 0 saturated heterocycles. The van der Waals surface area contributed by atoms with Gasteiger partial charge in [0.25, 0.3) is 5.69 Å². The highest BCUT2D eigenvalue weighted by Crippen LogP contribution is 2.22. The molecule has 1 rings (SSSR count). The summed E-state index contributed by atoms with van der Waals surface area (Å²) in [5.41, 5.74) is 0.989. The van der Waals surface area contributed by atoms with Crippen molar-refractivity contribution in [2.45, 2.75) is 27.2 Å². The second-order valence-electron chi connectivity index (χ2n) is 5.03. The van der Waals surface area contributed by atoms with Crippen molar-refractivity contribution in [2.24, 2.45) is 5.92 Å². The van der Waals surface area contributed by atoms with Crippen LogP contribution in [0.15, 0.2) is 18.2 Å². The lowest BCUT2D eigenvalue weighted by Crippen LogP contribution is -2.15. The second-order valence-corrected chi connectivity index (χ2v) is 5.03. The normalized spacial score (nSPS) is 10.6. The minimum Gasteiger partial charge on any atom is -0.381 e. The number of hydrogen-bond donors (Lipinski definition) is 1. The summed E-state index contributed by atoms with van der Waals surface area (Å²) in [6.45, 7) is 6.68. The van der Waals surface area contributed by atoms with E-state index in [2.05, 4.69) is 5.32 Å². The molecule has 0 unspecified atom stereocenters. The number of ether oxygens (including phenoxy) is 1. The molecule has 0 aliphatic rings. The van der Waals surface area contributed by atoms with Gasteiger partial charge in [0.1, 0.15) is 0 Å². The van der Waals surface area contributed by atoms with Crippen molar-refractivity contribution in [1.29, 1.82) is 0 Å². The van der Waals surface area contributed by atoms with Gasteiger partial charge < -0.3 is 10.1 Å². The average Bonchev–Trinajstić information content (AvgIpc) is 2.36. The zero-order valence-electron chi connectivity index (χ0n) is 12.0. The summed E-state index contributed by atoms with van der Waals surface area (Å²) in [5, 5.41) is 13.4. The van der Waals surface area contributed by atoms with E-state index in [1.54, 1.807) is 19.1 Å². The molecule has 1 aromatic carbocycles. The number of nitrogens with zero attached hydrogens (tertiary/aromatic N) is 1. The van der Waals surface area contributed by atoms with Crippen LogP contribution in [0.3, 0.4) is 0 Å². The first kappa shape index (κ1) is 16.1. The first-order chi connectivity index (χ1) is 9.40. The predicted octanol–water partition coefficient (Wildman–Crippen LogP) is 2.90. The number of rotatable bonds is 7. The first-order valence-electron chi connectivity index (χ1n) is 6.52. The Balaban J connectivity index is 2.50. The van der Waals surface area contributed by atoms with Crippen molar-refractivity contribution in [3.8, 4) is 0 Å². The van der Waals surface area contributed by atoms with E-state index in [0.717, 1.165) is 0 Å². The Bertz CT molecular complexity index is 486. The van der Waals surface area contributed by atoms with Gasteiger partial charge in [0.15, 0.2) is 0 Å². The maximum Gasteiger partial charge on any atom is 0.274 e. The number of nitrogens with one attached hydrogen (secondary N) is 1. The fourth-order valence-electron chi connectivity index (χ4n) is 1.59. The molecule has 0 atom stereocenters. The Morgan fingerprint density at radius 3 is 2.75 bits per heavy atom. The number of benzene rings is 1. The van der Waals surface area contributed by atoms with Crippen LogP contribution >= 0.6 is 0 Å². The topological polar surface area (TPSA) is 81.5 Å². The van der Waals surface area contributed by atoms with E-state index in [9.17, 15) is 14.9 Å². The third-order valence-electron chi connectivity index (χ3n) is 2.61. The van der Waals surface area contributed by atoms with E-state index in [4.69, 9.17) is 4.74 Å². The Labute approximate surface area is 118 Å². The maximum atomic E-state index is 11.7. The Morgan fingerprint density at radius 2 is 2.15 bits per heavy atom. The minimum absolute atomic E-state index is 0.00106. The van der Waals surface area contributed by atoms with E-state index in [-0.39, 0.29) is 18.0 Å². The van der Waals surface area contributed by atoms with E-state index < -0.39 is 4.92 Å². The van der Waals surface area contributed by atoms with Crippen LogP contribution in [0.25, 0.3) is 0 Å². The summed E-state index contributed by atoms with van der Waals surface area (Å²) < 4.78 is 5.32. The zero-order valence-corrected chi connectivity index (χ0v) is 12.0. The molecule has 6 heteroatoms. The van der Waals surface area contributed by atoms with Crippen LogP contribution in [-0.4, -0.2) is 24.0 Å². The number of nitro benzene ring substituents is 1. The zero-order chi connectivity index (χ0) is 15.1. The molecule has 6 nitrogen and oxygen atoms in total. The van der Waals surface area contributed by atoms with E-state index in [1.165, 1.54) is 6.07 Å². The molecular weight excluding hydrogens is 260 g/mol. The molecule has 0 aliphatic heterocycles. The largest absolute Gasteiger partial charge is 0.381 e. The molecule has 20 heavy (non-hydrogen) atoms. The molecule has 0 bridgehead atoms. The minimum atomic E-state index is -0.462.